The molecule has 116 valence electrons. The Balaban J connectivity index is 0.00000220. The van der Waals surface area contributed by atoms with E-state index in [9.17, 15) is 14.9 Å². The molecule has 1 fully saturated rings. The van der Waals surface area contributed by atoms with Gasteiger partial charge in [0.25, 0.3) is 11.6 Å². The maximum atomic E-state index is 12.4. The third-order valence-electron chi connectivity index (χ3n) is 3.82. The Bertz CT molecular complexity index is 530. The van der Waals surface area contributed by atoms with Crippen LogP contribution in [0.5, 0.6) is 0 Å². The molecule has 0 bridgehead atoms. The quantitative estimate of drug-likeness (QED) is 0.685. The number of hydrogen-bond acceptors (Lipinski definition) is 4. The number of carbonyl (C=O) groups excluding carboxylic acids is 1. The number of nitrogens with one attached hydrogen (secondary N) is 1. The number of rotatable bonds is 3. The van der Waals surface area contributed by atoms with Gasteiger partial charge in [-0.15, -0.1) is 12.4 Å². The molecule has 1 N–H and O–H groups in total. The number of piperidine rings is 1. The predicted octanol–water partition coefficient (Wildman–Crippen LogP) is 2.15. The first-order valence-electron chi connectivity index (χ1n) is 6.73. The lowest BCUT2D eigenvalue weighted by molar-refractivity contribution is -0.385. The van der Waals surface area contributed by atoms with Crippen LogP contribution in [0.4, 0.5) is 5.69 Å². The molecule has 0 aliphatic carbocycles. The molecule has 0 aromatic heterocycles. The maximum absolute atomic E-state index is 12.4. The number of nitro groups is 1. The molecule has 1 saturated heterocycles. The number of carbonyl (C=O) groups is 1. The zero-order valence-corrected chi connectivity index (χ0v) is 13.0. The predicted molar refractivity (Wildman–Crippen MR) is 83.1 cm³/mol. The lowest BCUT2D eigenvalue weighted by Crippen LogP contribution is -2.43. The van der Waals surface area contributed by atoms with Crippen LogP contribution in [-0.2, 0) is 0 Å². The molecule has 21 heavy (non-hydrogen) atoms. The zero-order chi connectivity index (χ0) is 14.7. The van der Waals surface area contributed by atoms with Crippen molar-refractivity contribution in [3.63, 3.8) is 0 Å². The van der Waals surface area contributed by atoms with E-state index >= 15 is 0 Å². The van der Waals surface area contributed by atoms with Crippen LogP contribution >= 0.6 is 12.4 Å². The Hall–Kier alpha value is -1.66. The highest BCUT2D eigenvalue weighted by Gasteiger charge is 2.23. The lowest BCUT2D eigenvalue weighted by Gasteiger charge is -2.31. The van der Waals surface area contributed by atoms with Gasteiger partial charge in [0.1, 0.15) is 0 Å². The average molecular weight is 314 g/mol. The molecule has 1 aromatic carbocycles. The number of hydrogen-bond donors (Lipinski definition) is 1. The van der Waals surface area contributed by atoms with Gasteiger partial charge < -0.3 is 10.2 Å². The second-order valence-corrected chi connectivity index (χ2v) is 5.16. The number of nitrogens with zero attached hydrogens (tertiary/aromatic N) is 2. The Morgan fingerprint density at radius 3 is 2.52 bits per heavy atom. The van der Waals surface area contributed by atoms with Gasteiger partial charge in [-0.05, 0) is 45.0 Å². The van der Waals surface area contributed by atoms with Crippen molar-refractivity contribution in [3.8, 4) is 0 Å². The van der Waals surface area contributed by atoms with Crippen molar-refractivity contribution in [2.24, 2.45) is 0 Å². The smallest absolute Gasteiger partial charge is 0.272 e. The number of nitro benzene ring substituents is 1. The molecular formula is C14H20ClN3O3. The van der Waals surface area contributed by atoms with Crippen LogP contribution in [-0.4, -0.2) is 41.9 Å². The molecule has 0 unspecified atom stereocenters. The van der Waals surface area contributed by atoms with Crippen LogP contribution in [0.25, 0.3) is 0 Å². The normalized spacial score (nSPS) is 15.1. The summed E-state index contributed by atoms with van der Waals surface area (Å²) in [5, 5.41) is 14.1. The highest BCUT2D eigenvalue weighted by atomic mass is 35.5. The topological polar surface area (TPSA) is 75.5 Å². The number of aryl methyl sites for hydroxylation is 1. The van der Waals surface area contributed by atoms with Gasteiger partial charge >= 0.3 is 0 Å². The average Bonchev–Trinajstić information content (AvgIpc) is 2.46. The van der Waals surface area contributed by atoms with Crippen LogP contribution in [0.15, 0.2) is 18.2 Å². The fraction of sp³-hybridized carbons (Fsp3) is 0.500. The highest BCUT2D eigenvalue weighted by Crippen LogP contribution is 2.21. The van der Waals surface area contributed by atoms with E-state index in [1.807, 2.05) is 0 Å². The van der Waals surface area contributed by atoms with Gasteiger partial charge in [-0.3, -0.25) is 14.9 Å². The first-order chi connectivity index (χ1) is 9.50. The first kappa shape index (κ1) is 17.4. The Morgan fingerprint density at radius 1 is 1.38 bits per heavy atom. The SMILES string of the molecule is Cc1cc(C(=O)N(C)C2CCNCC2)ccc1[N+](=O)[O-].Cl. The summed E-state index contributed by atoms with van der Waals surface area (Å²) in [5.74, 6) is -0.0742. The van der Waals surface area contributed by atoms with Crippen LogP contribution in [0.1, 0.15) is 28.8 Å². The van der Waals surface area contributed by atoms with E-state index in [2.05, 4.69) is 5.32 Å². The van der Waals surface area contributed by atoms with E-state index in [4.69, 9.17) is 0 Å². The van der Waals surface area contributed by atoms with Crippen molar-refractivity contribution in [2.75, 3.05) is 20.1 Å². The minimum atomic E-state index is -0.430. The standard InChI is InChI=1S/C14H19N3O3.ClH/c1-10-9-11(3-4-13(10)17(19)20)14(18)16(2)12-5-7-15-8-6-12;/h3-4,9,12,15H,5-8H2,1-2H3;1H. The van der Waals surface area contributed by atoms with Crippen molar-refractivity contribution in [2.45, 2.75) is 25.8 Å². The van der Waals surface area contributed by atoms with Gasteiger partial charge in [0.15, 0.2) is 0 Å². The summed E-state index contributed by atoms with van der Waals surface area (Å²) < 4.78 is 0. The molecule has 1 aliphatic rings. The summed E-state index contributed by atoms with van der Waals surface area (Å²) >= 11 is 0. The third kappa shape index (κ3) is 3.92. The van der Waals surface area contributed by atoms with Gasteiger partial charge in [-0.2, -0.15) is 0 Å². The van der Waals surface area contributed by atoms with Crippen LogP contribution < -0.4 is 5.32 Å². The molecule has 7 heteroatoms. The minimum absolute atomic E-state index is 0. The number of benzene rings is 1. The molecule has 0 spiro atoms. The number of amides is 1. The van der Waals surface area contributed by atoms with E-state index < -0.39 is 4.92 Å². The summed E-state index contributed by atoms with van der Waals surface area (Å²) in [6, 6.07) is 4.77. The monoisotopic (exact) mass is 313 g/mol. The van der Waals surface area contributed by atoms with Gasteiger partial charge in [0.05, 0.1) is 4.92 Å². The summed E-state index contributed by atoms with van der Waals surface area (Å²) in [4.78, 5) is 24.5. The molecule has 1 aliphatic heterocycles. The molecule has 0 atom stereocenters. The molecule has 0 radical (unpaired) electrons. The molecule has 6 nitrogen and oxygen atoms in total. The summed E-state index contributed by atoms with van der Waals surface area (Å²) in [6.45, 7) is 3.49. The van der Waals surface area contributed by atoms with Gasteiger partial charge in [-0.25, -0.2) is 0 Å². The Labute approximate surface area is 130 Å². The van der Waals surface area contributed by atoms with Crippen molar-refractivity contribution in [3.05, 3.63) is 39.4 Å². The van der Waals surface area contributed by atoms with Crippen LogP contribution in [0, 0.1) is 17.0 Å². The van der Waals surface area contributed by atoms with Crippen molar-refractivity contribution >= 4 is 24.0 Å². The molecule has 2 rings (SSSR count). The van der Waals surface area contributed by atoms with Gasteiger partial charge in [0, 0.05) is 30.3 Å². The van der Waals surface area contributed by atoms with E-state index in [1.54, 1.807) is 24.9 Å². The van der Waals surface area contributed by atoms with Crippen molar-refractivity contribution in [1.29, 1.82) is 0 Å². The fourth-order valence-electron chi connectivity index (χ4n) is 2.56. The lowest BCUT2D eigenvalue weighted by atomic mass is 10.0. The zero-order valence-electron chi connectivity index (χ0n) is 12.2. The Morgan fingerprint density at radius 2 is 2.00 bits per heavy atom. The Kier molecular flexibility index (Phi) is 6.11. The fourth-order valence-corrected chi connectivity index (χ4v) is 2.56. The van der Waals surface area contributed by atoms with Crippen molar-refractivity contribution in [1.82, 2.24) is 10.2 Å². The van der Waals surface area contributed by atoms with Gasteiger partial charge in [-0.1, -0.05) is 0 Å². The number of halogens is 1. The maximum Gasteiger partial charge on any atom is 0.272 e. The highest BCUT2D eigenvalue weighted by molar-refractivity contribution is 5.94. The summed E-state index contributed by atoms with van der Waals surface area (Å²) in [6.07, 6.45) is 1.88. The molecule has 1 aromatic rings. The van der Waals surface area contributed by atoms with E-state index in [0.717, 1.165) is 25.9 Å². The first-order valence-corrected chi connectivity index (χ1v) is 6.73. The molecule has 0 saturated carbocycles. The van der Waals surface area contributed by atoms with Crippen LogP contribution in [0.3, 0.4) is 0 Å². The van der Waals surface area contributed by atoms with Crippen LogP contribution in [0.2, 0.25) is 0 Å². The second kappa shape index (κ2) is 7.38. The molecule has 1 amide bonds. The second-order valence-electron chi connectivity index (χ2n) is 5.16. The van der Waals surface area contributed by atoms with Gasteiger partial charge in [0.2, 0.25) is 0 Å². The van der Waals surface area contributed by atoms with E-state index in [-0.39, 0.29) is 30.0 Å². The minimum Gasteiger partial charge on any atom is -0.339 e. The summed E-state index contributed by atoms with van der Waals surface area (Å²) in [5.41, 5.74) is 1.07. The van der Waals surface area contributed by atoms with E-state index in [1.165, 1.54) is 12.1 Å². The molecule has 1 heterocycles. The third-order valence-corrected chi connectivity index (χ3v) is 3.82. The summed E-state index contributed by atoms with van der Waals surface area (Å²) in [7, 11) is 1.80. The van der Waals surface area contributed by atoms with Crippen molar-refractivity contribution < 1.29 is 9.72 Å². The largest absolute Gasteiger partial charge is 0.339 e. The van der Waals surface area contributed by atoms with E-state index in [0.29, 0.717) is 11.1 Å². The molecular weight excluding hydrogens is 294 g/mol.